The van der Waals surface area contributed by atoms with E-state index in [1.54, 1.807) is 0 Å². The third-order valence-electron chi connectivity index (χ3n) is 3.15. The van der Waals surface area contributed by atoms with Crippen LogP contribution in [0.2, 0.25) is 0 Å². The highest BCUT2D eigenvalue weighted by molar-refractivity contribution is 7.91. The number of nitrogens with two attached hydrogens (primary N) is 1. The van der Waals surface area contributed by atoms with Crippen molar-refractivity contribution in [1.29, 1.82) is 0 Å². The van der Waals surface area contributed by atoms with E-state index in [0.717, 1.165) is 0 Å². The van der Waals surface area contributed by atoms with Crippen LogP contribution in [0.3, 0.4) is 0 Å². The van der Waals surface area contributed by atoms with Crippen LogP contribution in [0.5, 0.6) is 0 Å². The van der Waals surface area contributed by atoms with Gasteiger partial charge in [-0.05, 0) is 0 Å². The van der Waals surface area contributed by atoms with Crippen LogP contribution >= 0.6 is 0 Å². The normalized spacial score (nSPS) is 15.9. The van der Waals surface area contributed by atoms with Gasteiger partial charge >= 0.3 is 35.8 Å². The molecular formula is C10H10F13NO2S. The lowest BCUT2D eigenvalue weighted by molar-refractivity contribution is -0.439. The average molecular weight is 455 g/mol. The van der Waals surface area contributed by atoms with Crippen LogP contribution in [0.15, 0.2) is 0 Å². The van der Waals surface area contributed by atoms with Gasteiger partial charge in [0.15, 0.2) is 9.84 Å². The number of hydrogen-bond donors (Lipinski definition) is 1. The molecule has 0 saturated carbocycles. The SMILES string of the molecule is NCCS(=O)(=O)CCC(F)(F)C(F)(F)C(F)(F)C(F)(F)C(F)(F)C(F)(F)F. The van der Waals surface area contributed by atoms with Crippen LogP contribution in [-0.4, -0.2) is 62.3 Å². The van der Waals surface area contributed by atoms with Crippen molar-refractivity contribution in [2.24, 2.45) is 5.73 Å². The molecule has 0 aliphatic rings. The summed E-state index contributed by atoms with van der Waals surface area (Å²) in [5.41, 5.74) is 4.73. The van der Waals surface area contributed by atoms with E-state index >= 15 is 0 Å². The first-order valence-corrected chi connectivity index (χ1v) is 8.20. The Morgan fingerprint density at radius 2 is 0.963 bits per heavy atom. The lowest BCUT2D eigenvalue weighted by Gasteiger charge is -2.39. The number of alkyl halides is 13. The van der Waals surface area contributed by atoms with Crippen LogP contribution in [-0.2, 0) is 9.84 Å². The molecule has 0 rings (SSSR count). The van der Waals surface area contributed by atoms with Crippen LogP contribution in [0.25, 0.3) is 0 Å². The molecule has 0 bridgehead atoms. The van der Waals surface area contributed by atoms with Crippen molar-refractivity contribution in [2.45, 2.75) is 42.2 Å². The van der Waals surface area contributed by atoms with Crippen molar-refractivity contribution in [1.82, 2.24) is 0 Å². The summed E-state index contributed by atoms with van der Waals surface area (Å²) in [6.07, 6.45) is -10.3. The first kappa shape index (κ1) is 26.0. The molecule has 0 aromatic rings. The van der Waals surface area contributed by atoms with E-state index in [9.17, 15) is 65.5 Å². The second-order valence-electron chi connectivity index (χ2n) is 5.19. The van der Waals surface area contributed by atoms with Gasteiger partial charge in [-0.25, -0.2) is 8.42 Å². The standard InChI is InChI=1S/C10H10F13NO2S/c11-5(12,1-3-27(25,26)4-2-24)6(13,14)7(15,16)8(17,18)9(19,20)10(21,22)23/h1-4,24H2. The first-order chi connectivity index (χ1) is 11.5. The topological polar surface area (TPSA) is 60.2 Å². The fraction of sp³-hybridized carbons (Fsp3) is 1.00. The molecule has 0 aliphatic heterocycles. The van der Waals surface area contributed by atoms with E-state index in [2.05, 4.69) is 0 Å². The van der Waals surface area contributed by atoms with Gasteiger partial charge in [-0.3, -0.25) is 0 Å². The van der Waals surface area contributed by atoms with E-state index in [4.69, 9.17) is 5.73 Å². The Morgan fingerprint density at radius 1 is 0.593 bits per heavy atom. The van der Waals surface area contributed by atoms with Gasteiger partial charge in [0, 0.05) is 13.0 Å². The van der Waals surface area contributed by atoms with Crippen LogP contribution in [0.1, 0.15) is 6.42 Å². The highest BCUT2D eigenvalue weighted by Gasteiger charge is 2.90. The second kappa shape index (κ2) is 7.11. The van der Waals surface area contributed by atoms with E-state index < -0.39 is 70.1 Å². The maximum atomic E-state index is 13.3. The summed E-state index contributed by atoms with van der Waals surface area (Å²) in [5, 5.41) is 0. The Labute approximate surface area is 142 Å². The minimum atomic E-state index is -8.00. The summed E-state index contributed by atoms with van der Waals surface area (Å²) in [6.45, 7) is -0.726. The average Bonchev–Trinajstić information content (AvgIpc) is 2.43. The predicted molar refractivity (Wildman–Crippen MR) is 63.1 cm³/mol. The lowest BCUT2D eigenvalue weighted by atomic mass is 9.93. The minimum Gasteiger partial charge on any atom is -0.329 e. The zero-order valence-corrected chi connectivity index (χ0v) is 13.4. The summed E-state index contributed by atoms with van der Waals surface area (Å²) in [5.74, 6) is -40.7. The molecule has 0 saturated heterocycles. The molecule has 0 aliphatic carbocycles. The summed E-state index contributed by atoms with van der Waals surface area (Å²) >= 11 is 0. The van der Waals surface area contributed by atoms with Crippen molar-refractivity contribution in [3.8, 4) is 0 Å². The number of sulfone groups is 1. The molecule has 0 aromatic heterocycles. The minimum absolute atomic E-state index is 0.726. The van der Waals surface area contributed by atoms with Gasteiger partial charge in [0.25, 0.3) is 0 Å². The van der Waals surface area contributed by atoms with Gasteiger partial charge in [-0.2, -0.15) is 57.1 Å². The molecule has 0 atom stereocenters. The molecule has 0 aromatic carbocycles. The highest BCUT2D eigenvalue weighted by Crippen LogP contribution is 2.60. The zero-order valence-electron chi connectivity index (χ0n) is 12.5. The molecule has 0 heterocycles. The maximum Gasteiger partial charge on any atom is 0.460 e. The van der Waals surface area contributed by atoms with Crippen molar-refractivity contribution >= 4 is 9.84 Å². The van der Waals surface area contributed by atoms with Gasteiger partial charge in [0.1, 0.15) is 0 Å². The molecule has 0 fully saturated rings. The molecule has 17 heteroatoms. The molecule has 164 valence electrons. The van der Waals surface area contributed by atoms with Gasteiger partial charge < -0.3 is 5.73 Å². The Hall–Kier alpha value is -1.00. The van der Waals surface area contributed by atoms with Crippen molar-refractivity contribution in [2.75, 3.05) is 18.1 Å². The molecule has 0 unspecified atom stereocenters. The molecule has 0 amide bonds. The van der Waals surface area contributed by atoms with Gasteiger partial charge in [0.05, 0.1) is 11.5 Å². The van der Waals surface area contributed by atoms with Crippen molar-refractivity contribution in [3.05, 3.63) is 0 Å². The second-order valence-corrected chi connectivity index (χ2v) is 7.49. The fourth-order valence-electron chi connectivity index (χ4n) is 1.52. The Kier molecular flexibility index (Phi) is 6.85. The van der Waals surface area contributed by atoms with Crippen molar-refractivity contribution in [3.63, 3.8) is 0 Å². The fourth-order valence-corrected chi connectivity index (χ4v) is 2.65. The third-order valence-corrected chi connectivity index (χ3v) is 4.84. The molecule has 0 spiro atoms. The van der Waals surface area contributed by atoms with Crippen LogP contribution in [0, 0.1) is 0 Å². The summed E-state index contributed by atoms with van der Waals surface area (Å²) in [6, 6.07) is 0. The number of hydrogen-bond acceptors (Lipinski definition) is 3. The monoisotopic (exact) mass is 455 g/mol. The lowest BCUT2D eigenvalue weighted by Crippen LogP contribution is -2.70. The maximum absolute atomic E-state index is 13.3. The van der Waals surface area contributed by atoms with E-state index in [-0.39, 0.29) is 0 Å². The largest absolute Gasteiger partial charge is 0.460 e. The van der Waals surface area contributed by atoms with E-state index in [1.807, 2.05) is 0 Å². The molecule has 2 N–H and O–H groups in total. The summed E-state index contributed by atoms with van der Waals surface area (Å²) in [7, 11) is -4.66. The quantitative estimate of drug-likeness (QED) is 0.542. The smallest absolute Gasteiger partial charge is 0.329 e. The van der Waals surface area contributed by atoms with E-state index in [1.165, 1.54) is 0 Å². The van der Waals surface area contributed by atoms with Gasteiger partial charge in [-0.15, -0.1) is 0 Å². The first-order valence-electron chi connectivity index (χ1n) is 6.38. The third kappa shape index (κ3) is 4.37. The summed E-state index contributed by atoms with van der Waals surface area (Å²) in [4.78, 5) is 0. The van der Waals surface area contributed by atoms with Crippen LogP contribution in [0.4, 0.5) is 57.1 Å². The molecular weight excluding hydrogens is 445 g/mol. The van der Waals surface area contributed by atoms with Crippen LogP contribution < -0.4 is 5.73 Å². The van der Waals surface area contributed by atoms with E-state index in [0.29, 0.717) is 0 Å². The Bertz CT molecular complexity index is 625. The molecule has 27 heavy (non-hydrogen) atoms. The summed E-state index contributed by atoms with van der Waals surface area (Å²) < 4.78 is 188. The highest BCUT2D eigenvalue weighted by atomic mass is 32.2. The molecule has 0 radical (unpaired) electrons. The predicted octanol–water partition coefficient (Wildman–Crippen LogP) is 3.49. The Morgan fingerprint density at radius 3 is 1.30 bits per heavy atom. The molecule has 3 nitrogen and oxygen atoms in total. The van der Waals surface area contributed by atoms with Gasteiger partial charge in [0.2, 0.25) is 0 Å². The van der Waals surface area contributed by atoms with Crippen molar-refractivity contribution < 1.29 is 65.5 Å². The Balaban J connectivity index is 6.02. The van der Waals surface area contributed by atoms with Gasteiger partial charge in [-0.1, -0.05) is 0 Å². The number of rotatable bonds is 9. The number of halogens is 13. The zero-order chi connectivity index (χ0) is 22.3.